The van der Waals surface area contributed by atoms with E-state index in [0.717, 1.165) is 35.9 Å². The largest absolute Gasteiger partial charge is 0.369 e. The summed E-state index contributed by atoms with van der Waals surface area (Å²) in [6.07, 6.45) is 10.4. The number of pyridine rings is 1. The minimum absolute atomic E-state index is 0.186. The van der Waals surface area contributed by atoms with Crippen molar-refractivity contribution in [2.45, 2.75) is 43.9 Å². The van der Waals surface area contributed by atoms with E-state index in [1.165, 1.54) is 16.0 Å². The van der Waals surface area contributed by atoms with Gasteiger partial charge >= 0.3 is 0 Å². The molecule has 0 aliphatic carbocycles. The van der Waals surface area contributed by atoms with E-state index >= 15 is 0 Å². The number of thiophene rings is 1. The highest BCUT2D eigenvalue weighted by Crippen LogP contribution is 2.49. The molecule has 27 heavy (non-hydrogen) atoms. The quantitative estimate of drug-likeness (QED) is 0.698. The second-order valence-electron chi connectivity index (χ2n) is 7.46. The van der Waals surface area contributed by atoms with Crippen LogP contribution in [0.15, 0.2) is 43.0 Å². The van der Waals surface area contributed by atoms with Crippen LogP contribution in [-0.2, 0) is 16.8 Å². The van der Waals surface area contributed by atoms with Crippen LogP contribution in [0.5, 0.6) is 0 Å². The van der Waals surface area contributed by atoms with Crippen LogP contribution in [0.25, 0.3) is 5.69 Å². The summed E-state index contributed by atoms with van der Waals surface area (Å²) in [4.78, 5) is 5.50. The van der Waals surface area contributed by atoms with Gasteiger partial charge in [-0.1, -0.05) is 11.6 Å². The molecule has 5 heterocycles. The van der Waals surface area contributed by atoms with Gasteiger partial charge in [0.15, 0.2) is 0 Å². The summed E-state index contributed by atoms with van der Waals surface area (Å²) in [6.45, 7) is 2.99. The fourth-order valence-electron chi connectivity index (χ4n) is 4.42. The summed E-state index contributed by atoms with van der Waals surface area (Å²) in [7, 11) is 0. The van der Waals surface area contributed by atoms with Gasteiger partial charge in [0.25, 0.3) is 0 Å². The van der Waals surface area contributed by atoms with Crippen molar-refractivity contribution in [3.05, 3.63) is 63.3 Å². The summed E-state index contributed by atoms with van der Waals surface area (Å²) >= 11 is 8.02. The average Bonchev–Trinajstić information content (AvgIpc) is 3.29. The van der Waals surface area contributed by atoms with Crippen LogP contribution in [0.1, 0.15) is 41.8 Å². The van der Waals surface area contributed by atoms with Crippen molar-refractivity contribution in [1.82, 2.24) is 20.1 Å². The molecule has 1 N–H and O–H groups in total. The van der Waals surface area contributed by atoms with Gasteiger partial charge in [-0.05, 0) is 43.5 Å². The first-order chi connectivity index (χ1) is 13.1. The van der Waals surface area contributed by atoms with Crippen LogP contribution in [0, 0.1) is 0 Å². The fourth-order valence-corrected chi connectivity index (χ4v) is 5.88. The van der Waals surface area contributed by atoms with Crippen LogP contribution in [0.4, 0.5) is 0 Å². The van der Waals surface area contributed by atoms with E-state index in [1.807, 2.05) is 29.2 Å². The van der Waals surface area contributed by atoms with Crippen LogP contribution >= 0.6 is 22.9 Å². The molecule has 0 unspecified atom stereocenters. The lowest BCUT2D eigenvalue weighted by atomic mass is 9.78. The molecule has 0 radical (unpaired) electrons. The number of nitrogens with one attached hydrogen (secondary N) is 1. The number of ether oxygens (including phenoxy) is 1. The number of halogens is 1. The summed E-state index contributed by atoms with van der Waals surface area (Å²) in [5, 5.41) is 8.28. The molecule has 1 spiro atoms. The number of rotatable bonds is 2. The first-order valence-corrected chi connectivity index (χ1v) is 10.5. The Morgan fingerprint density at radius 1 is 1.37 bits per heavy atom. The third-order valence-electron chi connectivity index (χ3n) is 5.51. The molecule has 3 aromatic heterocycles. The molecule has 140 valence electrons. The van der Waals surface area contributed by atoms with Crippen LogP contribution in [0.2, 0.25) is 4.34 Å². The van der Waals surface area contributed by atoms with Gasteiger partial charge in [-0.2, -0.15) is 5.10 Å². The third kappa shape index (κ3) is 3.10. The Morgan fingerprint density at radius 3 is 3.15 bits per heavy atom. The molecule has 1 fully saturated rings. The Hall–Kier alpha value is -1.73. The highest BCUT2D eigenvalue weighted by Gasteiger charge is 2.46. The smallest absolute Gasteiger partial charge is 0.106 e. The van der Waals surface area contributed by atoms with Crippen molar-refractivity contribution in [2.24, 2.45) is 0 Å². The Bertz CT molecular complexity index is 956. The van der Waals surface area contributed by atoms with E-state index in [4.69, 9.17) is 16.3 Å². The number of nitrogens with zero attached hydrogens (tertiary/aromatic N) is 3. The maximum absolute atomic E-state index is 6.43. The van der Waals surface area contributed by atoms with Gasteiger partial charge < -0.3 is 10.1 Å². The third-order valence-corrected chi connectivity index (χ3v) is 7.01. The SMILES string of the molecule is C[C@H]1C[C@@]2(C[C@@H](c3cnn(-c4cccnc4)c3)N1)OCCc1cc(Cl)sc12. The van der Waals surface area contributed by atoms with Crippen LogP contribution < -0.4 is 5.32 Å². The first-order valence-electron chi connectivity index (χ1n) is 9.27. The lowest BCUT2D eigenvalue weighted by Crippen LogP contribution is -2.49. The lowest BCUT2D eigenvalue weighted by Gasteiger charge is -2.46. The van der Waals surface area contributed by atoms with Crippen molar-refractivity contribution in [1.29, 1.82) is 0 Å². The predicted octanol–water partition coefficient (Wildman–Crippen LogP) is 4.26. The van der Waals surface area contributed by atoms with Gasteiger partial charge in [0.1, 0.15) is 5.60 Å². The van der Waals surface area contributed by atoms with E-state index in [-0.39, 0.29) is 11.6 Å². The van der Waals surface area contributed by atoms with Crippen LogP contribution in [-0.4, -0.2) is 27.4 Å². The van der Waals surface area contributed by atoms with Gasteiger partial charge in [0.2, 0.25) is 0 Å². The lowest BCUT2D eigenvalue weighted by molar-refractivity contribution is -0.0954. The van der Waals surface area contributed by atoms with Gasteiger partial charge in [-0.15, -0.1) is 11.3 Å². The standard InChI is InChI=1S/C20H21ClN4OS/c1-13-8-20(19-14(4-6-26-20)7-18(21)27-19)9-17(24-13)15-10-23-25(12-15)16-3-2-5-22-11-16/h2-3,5,7,10-13,17,24H,4,6,8-9H2,1H3/t13-,17-,20-/m0/s1. The van der Waals surface area contributed by atoms with E-state index in [9.17, 15) is 0 Å². The number of hydrogen-bond acceptors (Lipinski definition) is 5. The number of piperidine rings is 1. The van der Waals surface area contributed by atoms with Gasteiger partial charge in [0, 0.05) is 41.3 Å². The van der Waals surface area contributed by atoms with Gasteiger partial charge in [-0.25, -0.2) is 4.68 Å². The topological polar surface area (TPSA) is 52.0 Å². The number of hydrogen-bond donors (Lipinski definition) is 1. The Morgan fingerprint density at radius 2 is 2.30 bits per heavy atom. The molecule has 5 nitrogen and oxygen atoms in total. The average molecular weight is 401 g/mol. The number of aromatic nitrogens is 3. The van der Waals surface area contributed by atoms with Gasteiger partial charge in [-0.3, -0.25) is 4.98 Å². The molecule has 0 bridgehead atoms. The molecule has 2 aliphatic heterocycles. The molecule has 3 aromatic rings. The first kappa shape index (κ1) is 17.4. The monoisotopic (exact) mass is 400 g/mol. The van der Waals surface area contributed by atoms with Crippen molar-refractivity contribution < 1.29 is 4.74 Å². The Kier molecular flexibility index (Phi) is 4.31. The highest BCUT2D eigenvalue weighted by molar-refractivity contribution is 7.16. The molecule has 0 saturated carbocycles. The fraction of sp³-hybridized carbons (Fsp3) is 0.400. The molecule has 7 heteroatoms. The number of fused-ring (bicyclic) bond motifs is 2. The molecule has 3 atom stereocenters. The molecule has 1 saturated heterocycles. The molecule has 5 rings (SSSR count). The Balaban J connectivity index is 1.48. The van der Waals surface area contributed by atoms with Crippen molar-refractivity contribution >= 4 is 22.9 Å². The minimum Gasteiger partial charge on any atom is -0.369 e. The summed E-state index contributed by atoms with van der Waals surface area (Å²) < 4.78 is 9.17. The van der Waals surface area contributed by atoms with E-state index in [0.29, 0.717) is 6.04 Å². The van der Waals surface area contributed by atoms with E-state index < -0.39 is 0 Å². The summed E-state index contributed by atoms with van der Waals surface area (Å²) in [5.74, 6) is 0. The summed E-state index contributed by atoms with van der Waals surface area (Å²) in [5.41, 5.74) is 3.23. The molecular formula is C20H21ClN4OS. The second-order valence-corrected chi connectivity index (χ2v) is 9.14. The zero-order valence-electron chi connectivity index (χ0n) is 15.1. The molecular weight excluding hydrogens is 380 g/mol. The van der Waals surface area contributed by atoms with E-state index in [1.54, 1.807) is 17.5 Å². The molecule has 2 aliphatic rings. The zero-order valence-corrected chi connectivity index (χ0v) is 16.6. The highest BCUT2D eigenvalue weighted by atomic mass is 35.5. The summed E-state index contributed by atoms with van der Waals surface area (Å²) in [6, 6.07) is 6.58. The predicted molar refractivity (Wildman–Crippen MR) is 107 cm³/mol. The van der Waals surface area contributed by atoms with Crippen molar-refractivity contribution in [2.75, 3.05) is 6.61 Å². The second kappa shape index (κ2) is 6.71. The zero-order chi connectivity index (χ0) is 18.4. The normalized spacial score (nSPS) is 27.6. The van der Waals surface area contributed by atoms with Crippen molar-refractivity contribution in [3.8, 4) is 5.69 Å². The van der Waals surface area contributed by atoms with Crippen molar-refractivity contribution in [3.63, 3.8) is 0 Å². The molecule has 0 amide bonds. The van der Waals surface area contributed by atoms with E-state index in [2.05, 4.69) is 34.6 Å². The Labute approximate surface area is 167 Å². The maximum Gasteiger partial charge on any atom is 0.106 e. The minimum atomic E-state index is -0.253. The maximum atomic E-state index is 6.43. The molecule has 0 aromatic carbocycles. The van der Waals surface area contributed by atoms with Gasteiger partial charge in [0.05, 0.1) is 29.0 Å². The van der Waals surface area contributed by atoms with Crippen LogP contribution in [0.3, 0.4) is 0 Å².